The lowest BCUT2D eigenvalue weighted by Gasteiger charge is -2.34. The lowest BCUT2D eigenvalue weighted by Crippen LogP contribution is -2.40. The molecule has 1 heterocycles. The van der Waals surface area contributed by atoms with Crippen LogP contribution in [0.3, 0.4) is 0 Å². The molecule has 2 unspecified atom stereocenters. The van der Waals surface area contributed by atoms with E-state index in [1.807, 2.05) is 65.8 Å². The molecule has 388 valence electrons. The number of esters is 5. The predicted octanol–water partition coefficient (Wildman–Crippen LogP) is 11.5. The van der Waals surface area contributed by atoms with Crippen LogP contribution in [0.5, 0.6) is 23.0 Å². The Morgan fingerprint density at radius 3 is 1.95 bits per heavy atom. The van der Waals surface area contributed by atoms with Crippen LogP contribution in [0.1, 0.15) is 83.4 Å². The molecular formula is C58H62N2O13S. The summed E-state index contributed by atoms with van der Waals surface area (Å²) < 4.78 is 46.2. The van der Waals surface area contributed by atoms with Gasteiger partial charge in [-0.25, -0.2) is 33.9 Å². The van der Waals surface area contributed by atoms with E-state index in [1.54, 1.807) is 78.9 Å². The van der Waals surface area contributed by atoms with Crippen molar-refractivity contribution in [2.75, 3.05) is 26.4 Å². The van der Waals surface area contributed by atoms with E-state index in [2.05, 4.69) is 24.7 Å². The number of hydrogen-bond acceptors (Lipinski definition) is 16. The molecule has 0 radical (unpaired) electrons. The number of ether oxygens (including phenoxy) is 8. The lowest BCUT2D eigenvalue weighted by molar-refractivity contribution is -0.154. The number of benzene rings is 4. The second-order valence-corrected chi connectivity index (χ2v) is 18.9. The van der Waals surface area contributed by atoms with Gasteiger partial charge in [0.1, 0.15) is 40.8 Å². The number of unbranched alkanes of at least 4 members (excludes halogenated alkanes) is 1. The fourth-order valence-corrected chi connectivity index (χ4v) is 8.24. The van der Waals surface area contributed by atoms with Crippen molar-refractivity contribution in [2.24, 2.45) is 4.99 Å². The Morgan fingerprint density at radius 1 is 0.689 bits per heavy atom. The predicted molar refractivity (Wildman–Crippen MR) is 286 cm³/mol. The smallest absolute Gasteiger partial charge is 0.336 e. The summed E-state index contributed by atoms with van der Waals surface area (Å²) in [4.78, 5) is 71.0. The third-order valence-electron chi connectivity index (χ3n) is 10.7. The van der Waals surface area contributed by atoms with Gasteiger partial charge in [0.2, 0.25) is 5.13 Å². The number of para-hydroxylation sites is 1. The van der Waals surface area contributed by atoms with Gasteiger partial charge in [0.15, 0.2) is 6.10 Å². The van der Waals surface area contributed by atoms with Crippen LogP contribution in [0.25, 0.3) is 22.4 Å². The zero-order valence-electron chi connectivity index (χ0n) is 42.5. The molecule has 0 N–H and O–H groups in total. The summed E-state index contributed by atoms with van der Waals surface area (Å²) in [7, 11) is 0. The Bertz CT molecular complexity index is 2830. The molecule has 0 fully saturated rings. The molecule has 0 amide bonds. The second kappa shape index (κ2) is 27.8. The zero-order valence-corrected chi connectivity index (χ0v) is 43.4. The molecule has 1 aromatic heterocycles. The average molecular weight is 1030 g/mol. The molecule has 16 heteroatoms. The van der Waals surface area contributed by atoms with E-state index >= 15 is 0 Å². The van der Waals surface area contributed by atoms with Crippen LogP contribution < -0.4 is 18.9 Å². The van der Waals surface area contributed by atoms with Gasteiger partial charge in [-0.05, 0) is 125 Å². The molecule has 0 aliphatic carbocycles. The first-order valence-electron chi connectivity index (χ1n) is 23.8. The third-order valence-corrected chi connectivity index (χ3v) is 11.6. The van der Waals surface area contributed by atoms with Crippen LogP contribution in [0.15, 0.2) is 146 Å². The van der Waals surface area contributed by atoms with E-state index in [0.717, 1.165) is 34.0 Å². The van der Waals surface area contributed by atoms with Crippen LogP contribution in [-0.4, -0.2) is 84.3 Å². The van der Waals surface area contributed by atoms with E-state index in [9.17, 15) is 24.0 Å². The summed E-state index contributed by atoms with van der Waals surface area (Å²) in [5.41, 5.74) is 1.98. The number of aliphatic imine (C=N–C) groups is 1. The van der Waals surface area contributed by atoms with Crippen molar-refractivity contribution >= 4 is 74.4 Å². The number of rotatable bonds is 28. The van der Waals surface area contributed by atoms with Crippen molar-refractivity contribution in [1.29, 1.82) is 0 Å². The average Bonchev–Trinajstić information content (AvgIpc) is 3.78. The topological polar surface area (TPSA) is 184 Å². The molecule has 0 saturated carbocycles. The standard InChI is InChI=1S/C58H62N2O13S/c1-10-51(61)67-34-16-15-33-66-36-46(70-52(62)11-2)37-68-43-25-19-41(20-26-43)24-32-55(65)71-49-30-29-45(35-47(49)39(4)40(5)59-56-60-48-17-13-14-18-50(48)74-56)69-54(64)31-23-42-21-27-44(28-22-42)72-57(6,7)38-58(8,9)73-53(63)12-3/h10-14,17-32,35,39,46H,1-3,15-16,33-34,36-38H2,4-9H3/b31-23+,32-24+,59-40+. The number of carbonyl (C=O) groups excluding carboxylic acids is 5. The highest BCUT2D eigenvalue weighted by Crippen LogP contribution is 2.35. The molecule has 2 atom stereocenters. The summed E-state index contributed by atoms with van der Waals surface area (Å²) in [6, 6.07) is 26.6. The minimum absolute atomic E-state index is 0.00278. The number of nitrogens with zero attached hydrogens (tertiary/aromatic N) is 2. The summed E-state index contributed by atoms with van der Waals surface area (Å²) in [6.07, 6.45) is 10.0. The maximum Gasteiger partial charge on any atom is 0.336 e. The van der Waals surface area contributed by atoms with Gasteiger partial charge in [0.25, 0.3) is 0 Å². The Hall–Kier alpha value is -7.95. The second-order valence-electron chi connectivity index (χ2n) is 17.9. The summed E-state index contributed by atoms with van der Waals surface area (Å²) >= 11 is 1.45. The Balaban J connectivity index is 1.23. The summed E-state index contributed by atoms with van der Waals surface area (Å²) in [5, 5.41) is 0.568. The first-order valence-corrected chi connectivity index (χ1v) is 24.6. The van der Waals surface area contributed by atoms with Crippen LogP contribution in [0.2, 0.25) is 0 Å². The van der Waals surface area contributed by atoms with Crippen molar-refractivity contribution < 1.29 is 61.9 Å². The highest BCUT2D eigenvalue weighted by atomic mass is 32.1. The Morgan fingerprint density at radius 2 is 1.30 bits per heavy atom. The van der Waals surface area contributed by atoms with Gasteiger partial charge in [-0.3, -0.25) is 0 Å². The van der Waals surface area contributed by atoms with Crippen LogP contribution in [0.4, 0.5) is 5.13 Å². The largest absolute Gasteiger partial charge is 0.490 e. The van der Waals surface area contributed by atoms with Gasteiger partial charge in [0, 0.05) is 60.6 Å². The van der Waals surface area contributed by atoms with Gasteiger partial charge in [0.05, 0.1) is 23.4 Å². The Labute approximate surface area is 435 Å². The van der Waals surface area contributed by atoms with Gasteiger partial charge < -0.3 is 37.9 Å². The van der Waals surface area contributed by atoms with E-state index in [0.29, 0.717) is 59.3 Å². The number of carbonyl (C=O) groups is 5. The van der Waals surface area contributed by atoms with Crippen LogP contribution in [0, 0.1) is 0 Å². The van der Waals surface area contributed by atoms with Gasteiger partial charge in [-0.1, -0.05) is 74.4 Å². The molecule has 4 aromatic carbocycles. The minimum Gasteiger partial charge on any atom is -0.490 e. The van der Waals surface area contributed by atoms with Crippen molar-refractivity contribution in [1.82, 2.24) is 4.98 Å². The number of fused-ring (bicyclic) bond motifs is 1. The number of thiazole rings is 1. The highest BCUT2D eigenvalue weighted by Gasteiger charge is 2.33. The first kappa shape index (κ1) is 57.0. The van der Waals surface area contributed by atoms with E-state index in [4.69, 9.17) is 42.9 Å². The summed E-state index contributed by atoms with van der Waals surface area (Å²) in [5.74, 6) is -1.78. The monoisotopic (exact) mass is 1030 g/mol. The molecule has 5 rings (SSSR count). The molecule has 0 saturated heterocycles. The van der Waals surface area contributed by atoms with Crippen molar-refractivity contribution in [3.63, 3.8) is 0 Å². The van der Waals surface area contributed by atoms with Gasteiger partial charge >= 0.3 is 29.8 Å². The van der Waals surface area contributed by atoms with E-state index < -0.39 is 53.1 Å². The quantitative estimate of drug-likeness (QED) is 0.0115. The van der Waals surface area contributed by atoms with Crippen LogP contribution >= 0.6 is 11.3 Å². The molecule has 0 aliphatic heterocycles. The SMILES string of the molecule is C=CC(=O)OCCCCOCC(COc1ccc(/C=C/C(=O)Oc2ccc(OC(=O)/C=C/c3ccc(OC(C)(C)CC(C)(C)OC(=O)C=C)cc3)cc2C(C)/C(C)=N/c2nc3ccccc3s2)cc1)OC(=O)C=C. The van der Waals surface area contributed by atoms with Gasteiger partial charge in [-0.2, -0.15) is 0 Å². The molecule has 74 heavy (non-hydrogen) atoms. The third kappa shape index (κ3) is 19.2. The fraction of sp³-hybridized carbons (Fsp3) is 0.293. The maximum atomic E-state index is 13.4. The van der Waals surface area contributed by atoms with Crippen LogP contribution in [-0.2, 0) is 42.9 Å². The van der Waals surface area contributed by atoms with E-state index in [1.165, 1.54) is 23.5 Å². The molecule has 5 aromatic rings. The van der Waals surface area contributed by atoms with Crippen molar-refractivity contribution in [3.8, 4) is 23.0 Å². The van der Waals surface area contributed by atoms with Gasteiger partial charge in [-0.15, -0.1) is 0 Å². The normalized spacial score (nSPS) is 12.6. The molecular weight excluding hydrogens is 965 g/mol. The number of hydrogen-bond donors (Lipinski definition) is 0. The van der Waals surface area contributed by atoms with Crippen molar-refractivity contribution in [3.05, 3.63) is 158 Å². The number of aromatic nitrogens is 1. The Kier molecular flexibility index (Phi) is 21.4. The van der Waals surface area contributed by atoms with Crippen molar-refractivity contribution in [2.45, 2.75) is 84.0 Å². The molecule has 0 bridgehead atoms. The molecule has 0 spiro atoms. The fourth-order valence-electron chi connectivity index (χ4n) is 7.35. The molecule has 0 aliphatic rings. The first-order chi connectivity index (χ1) is 35.3. The minimum atomic E-state index is -0.788. The maximum absolute atomic E-state index is 13.4. The molecule has 15 nitrogen and oxygen atoms in total. The summed E-state index contributed by atoms with van der Waals surface area (Å²) in [6.45, 7) is 22.1. The lowest BCUT2D eigenvalue weighted by atomic mass is 9.92. The zero-order chi connectivity index (χ0) is 53.7. The van der Waals surface area contributed by atoms with E-state index in [-0.39, 0.29) is 31.3 Å². The highest BCUT2D eigenvalue weighted by molar-refractivity contribution is 7.22.